The topological polar surface area (TPSA) is 343 Å². The number of nitrogens with zero attached hydrogens (tertiary/aromatic N) is 2. The van der Waals surface area contributed by atoms with Crippen LogP contribution in [0.1, 0.15) is 85.0 Å². The van der Waals surface area contributed by atoms with Crippen LogP contribution in [0.2, 0.25) is 0 Å². The van der Waals surface area contributed by atoms with Crippen molar-refractivity contribution in [2.45, 2.75) is 133 Å². The second-order valence-electron chi connectivity index (χ2n) is 14.9. The van der Waals surface area contributed by atoms with Gasteiger partial charge in [-0.1, -0.05) is 20.3 Å². The Morgan fingerprint density at radius 1 is 0.787 bits per heavy atom. The number of thioether (sulfide) groups is 2. The molecule has 1 aliphatic heterocycles. The molecular weight excluding hydrogens is 835 g/mol. The summed E-state index contributed by atoms with van der Waals surface area (Å²) in [5.41, 5.74) is 16.6. The fraction of sp³-hybridized carbons (Fsp3) is 0.763. The number of amides is 7. The number of carboxylic acid groups (broad SMARTS) is 1. The zero-order valence-corrected chi connectivity index (χ0v) is 37.6. The van der Waals surface area contributed by atoms with Gasteiger partial charge in [-0.15, -0.1) is 0 Å². The number of rotatable bonds is 31. The van der Waals surface area contributed by atoms with Crippen molar-refractivity contribution in [3.63, 3.8) is 0 Å². The monoisotopic (exact) mass is 903 g/mol. The summed E-state index contributed by atoms with van der Waals surface area (Å²) in [6, 6.07) is -8.27. The van der Waals surface area contributed by atoms with Crippen molar-refractivity contribution >= 4 is 77.3 Å². The molecule has 348 valence electrons. The Bertz CT molecular complexity index is 1470. The van der Waals surface area contributed by atoms with Gasteiger partial charge in [0.25, 0.3) is 0 Å². The first-order valence-corrected chi connectivity index (χ1v) is 23.4. The van der Waals surface area contributed by atoms with Gasteiger partial charge in [0.1, 0.15) is 42.3 Å². The minimum atomic E-state index is -1.44. The van der Waals surface area contributed by atoms with Gasteiger partial charge in [0, 0.05) is 13.1 Å². The average Bonchev–Trinajstić information content (AvgIpc) is 3.72. The highest BCUT2D eigenvalue weighted by Crippen LogP contribution is 2.20. The number of unbranched alkanes of at least 4 members (excludes halogenated alkanes) is 1. The molecule has 1 saturated heterocycles. The van der Waals surface area contributed by atoms with Crippen molar-refractivity contribution in [2.24, 2.45) is 28.1 Å². The number of nitrogens with one attached hydrogen (secondary N) is 6. The number of carbonyl (C=O) groups excluding carboxylic acids is 7. The summed E-state index contributed by atoms with van der Waals surface area (Å²) < 4.78 is 0. The van der Waals surface area contributed by atoms with E-state index in [-0.39, 0.29) is 57.6 Å². The van der Waals surface area contributed by atoms with E-state index in [1.54, 1.807) is 20.1 Å². The van der Waals surface area contributed by atoms with E-state index < -0.39 is 95.7 Å². The summed E-state index contributed by atoms with van der Waals surface area (Å²) in [4.78, 5) is 111. The lowest BCUT2D eigenvalue weighted by molar-refractivity contribution is -0.144. The van der Waals surface area contributed by atoms with Gasteiger partial charge < -0.3 is 64.2 Å². The zero-order valence-electron chi connectivity index (χ0n) is 36.0. The lowest BCUT2D eigenvalue weighted by Crippen LogP contribution is -2.61. The molecule has 1 rings (SSSR count). The van der Waals surface area contributed by atoms with E-state index >= 15 is 0 Å². The molecule has 0 aliphatic carbocycles. The number of aliphatic carboxylic acids is 1. The normalized spacial score (nSPS) is 17.5. The van der Waals surface area contributed by atoms with Crippen LogP contribution in [0.5, 0.6) is 0 Å². The van der Waals surface area contributed by atoms with E-state index in [2.05, 4.69) is 36.9 Å². The fourth-order valence-electron chi connectivity index (χ4n) is 6.52. The Morgan fingerprint density at radius 2 is 1.31 bits per heavy atom. The van der Waals surface area contributed by atoms with Gasteiger partial charge in [-0.3, -0.25) is 38.6 Å². The molecule has 0 aromatic heterocycles. The molecule has 61 heavy (non-hydrogen) atoms. The molecule has 7 amide bonds. The average molecular weight is 904 g/mol. The van der Waals surface area contributed by atoms with Crippen LogP contribution in [0, 0.1) is 5.92 Å². The summed E-state index contributed by atoms with van der Waals surface area (Å²) in [5.74, 6) is -5.10. The minimum absolute atomic E-state index is 0.0111. The minimum Gasteiger partial charge on any atom is -0.480 e. The molecule has 23 heteroatoms. The van der Waals surface area contributed by atoms with Crippen molar-refractivity contribution < 1.29 is 48.6 Å². The second-order valence-corrected chi connectivity index (χ2v) is 16.9. The van der Waals surface area contributed by atoms with Crippen LogP contribution in [-0.4, -0.2) is 161 Å². The molecule has 0 saturated carbocycles. The van der Waals surface area contributed by atoms with Crippen LogP contribution in [0.3, 0.4) is 0 Å². The van der Waals surface area contributed by atoms with Gasteiger partial charge in [0.15, 0.2) is 5.96 Å². The maximum absolute atomic E-state index is 14.0. The predicted molar refractivity (Wildman–Crippen MR) is 235 cm³/mol. The van der Waals surface area contributed by atoms with E-state index in [4.69, 9.17) is 17.2 Å². The van der Waals surface area contributed by atoms with Crippen LogP contribution in [0.4, 0.5) is 0 Å². The number of hydrogen-bond acceptors (Lipinski definition) is 13. The third-order valence-electron chi connectivity index (χ3n) is 10.3. The molecule has 1 heterocycles. The van der Waals surface area contributed by atoms with Crippen LogP contribution in [0.25, 0.3) is 0 Å². The third kappa shape index (κ3) is 19.5. The van der Waals surface area contributed by atoms with E-state index in [9.17, 15) is 48.6 Å². The number of carbonyl (C=O) groups is 8. The lowest BCUT2D eigenvalue weighted by atomic mass is 9.98. The third-order valence-corrected chi connectivity index (χ3v) is 11.5. The Kier molecular flexibility index (Phi) is 26.7. The van der Waals surface area contributed by atoms with Gasteiger partial charge in [0.05, 0.1) is 6.10 Å². The van der Waals surface area contributed by atoms with E-state index in [0.29, 0.717) is 50.1 Å². The molecule has 9 atom stereocenters. The number of likely N-dealkylation sites (tertiary alicyclic amines) is 1. The quantitative estimate of drug-likeness (QED) is 0.0151. The Balaban J connectivity index is 3.36. The smallest absolute Gasteiger partial charge is 0.326 e. The molecule has 21 nitrogen and oxygen atoms in total. The molecular formula is C38H69N11O10S2. The Morgan fingerprint density at radius 3 is 1.82 bits per heavy atom. The number of aliphatic imine (C=N–C) groups is 1. The summed E-state index contributed by atoms with van der Waals surface area (Å²) in [5, 5.41) is 36.0. The van der Waals surface area contributed by atoms with E-state index in [1.807, 2.05) is 6.26 Å². The standard InChI is InChI=1S/C38H69N11O10S2/c1-6-22(2)29(37(58)59)47-34(55)25(11-7-8-16-39)44-32(53)26(12-9-17-42-38(40)41)45-33(54)27(15-20-61-5)46-35(56)28-13-10-18-49(28)36(57)30(23(3)51)48-31(52)24(43-21-50)14-19-60-4/h21-30,51H,6-20,39H2,1-5H3,(H,43,50)(H,44,53)(H,45,54)(H,46,56)(H,47,55)(H,48,52)(H,58,59)(H4,40,41,42)/t22-,23?,24-,25-,26-,27-,28-,29-,30-/m0/s1. The first-order valence-electron chi connectivity index (χ1n) is 20.6. The molecule has 1 unspecified atom stereocenters. The molecule has 0 bridgehead atoms. The summed E-state index contributed by atoms with van der Waals surface area (Å²) in [6.07, 6.45) is 5.49. The Hall–Kier alpha value is -4.35. The number of hydrogen-bond donors (Lipinski definition) is 11. The van der Waals surface area contributed by atoms with Crippen molar-refractivity contribution in [2.75, 3.05) is 43.7 Å². The van der Waals surface area contributed by atoms with Crippen molar-refractivity contribution in [3.8, 4) is 0 Å². The van der Waals surface area contributed by atoms with Crippen molar-refractivity contribution in [1.29, 1.82) is 0 Å². The van der Waals surface area contributed by atoms with Gasteiger partial charge in [-0.25, -0.2) is 4.79 Å². The number of guanidine groups is 1. The van der Waals surface area contributed by atoms with E-state index in [1.165, 1.54) is 35.3 Å². The maximum Gasteiger partial charge on any atom is 0.326 e. The first-order chi connectivity index (χ1) is 29.0. The second kappa shape index (κ2) is 29.8. The fourth-order valence-corrected chi connectivity index (χ4v) is 7.46. The summed E-state index contributed by atoms with van der Waals surface area (Å²) in [7, 11) is 0. The summed E-state index contributed by atoms with van der Waals surface area (Å²) >= 11 is 2.86. The molecule has 0 spiro atoms. The SMILES string of the molecule is CC[C@H](C)[C@H](NC(=O)[C@H](CCCCN)NC(=O)[C@H](CCCN=C(N)N)NC(=O)[C@H](CCSC)NC(=O)[C@@H]1CCCN1C(=O)[C@@H](NC(=O)[C@H](CCSC)NC=O)C(C)O)C(=O)O. The highest BCUT2D eigenvalue weighted by molar-refractivity contribution is 7.98. The highest BCUT2D eigenvalue weighted by Gasteiger charge is 2.41. The lowest BCUT2D eigenvalue weighted by Gasteiger charge is -2.31. The zero-order chi connectivity index (χ0) is 46.1. The van der Waals surface area contributed by atoms with Gasteiger partial charge >= 0.3 is 5.97 Å². The molecule has 0 aromatic carbocycles. The highest BCUT2D eigenvalue weighted by atomic mass is 32.2. The molecule has 0 radical (unpaired) electrons. The van der Waals surface area contributed by atoms with Crippen LogP contribution in [0.15, 0.2) is 4.99 Å². The Labute approximate surface area is 366 Å². The maximum atomic E-state index is 14.0. The van der Waals surface area contributed by atoms with Crippen LogP contribution >= 0.6 is 23.5 Å². The molecule has 0 aromatic rings. The molecule has 1 fully saturated rings. The number of carboxylic acids is 1. The number of nitrogens with two attached hydrogens (primary N) is 3. The van der Waals surface area contributed by atoms with Crippen LogP contribution < -0.4 is 49.1 Å². The molecule has 14 N–H and O–H groups in total. The van der Waals surface area contributed by atoms with Crippen LogP contribution in [-0.2, 0) is 38.4 Å². The van der Waals surface area contributed by atoms with Gasteiger partial charge in [0.2, 0.25) is 41.9 Å². The van der Waals surface area contributed by atoms with Crippen molar-refractivity contribution in [3.05, 3.63) is 0 Å². The summed E-state index contributed by atoms with van der Waals surface area (Å²) in [6.45, 7) is 5.35. The van der Waals surface area contributed by atoms with Gasteiger partial charge in [-0.05, 0) is 101 Å². The molecule has 1 aliphatic rings. The largest absolute Gasteiger partial charge is 0.480 e. The number of aliphatic hydroxyl groups excluding tert-OH is 1. The van der Waals surface area contributed by atoms with Crippen molar-refractivity contribution in [1.82, 2.24) is 36.8 Å². The van der Waals surface area contributed by atoms with Gasteiger partial charge in [-0.2, -0.15) is 23.5 Å². The number of aliphatic hydroxyl groups is 1. The first kappa shape index (κ1) is 54.7. The van der Waals surface area contributed by atoms with E-state index in [0.717, 1.165) is 0 Å². The predicted octanol–water partition coefficient (Wildman–Crippen LogP) is -2.28.